The van der Waals surface area contributed by atoms with Gasteiger partial charge in [-0.05, 0) is 18.1 Å². The Labute approximate surface area is 154 Å². The molecule has 0 amide bonds. The molecule has 134 valence electrons. The van der Waals surface area contributed by atoms with Crippen LogP contribution in [-0.2, 0) is 16.4 Å². The van der Waals surface area contributed by atoms with Gasteiger partial charge in [-0.2, -0.15) is 0 Å². The summed E-state index contributed by atoms with van der Waals surface area (Å²) in [6, 6.07) is 13.0. The van der Waals surface area contributed by atoms with Crippen LogP contribution in [0.15, 0.2) is 58.8 Å². The van der Waals surface area contributed by atoms with Gasteiger partial charge >= 0.3 is 0 Å². The van der Waals surface area contributed by atoms with Gasteiger partial charge in [0.05, 0.1) is 10.6 Å². The number of nitrogens with one attached hydrogen (secondary N) is 1. The SMILES string of the molecule is CCc1ccc(-c2csc(NS(=O)(=O)c3ccccc3[N+](=O)[O-])n2)cc1. The summed E-state index contributed by atoms with van der Waals surface area (Å²) in [6.45, 7) is 2.06. The number of aromatic nitrogens is 1. The fourth-order valence-electron chi connectivity index (χ4n) is 2.37. The number of hydrogen-bond donors (Lipinski definition) is 1. The van der Waals surface area contributed by atoms with Crippen LogP contribution in [-0.4, -0.2) is 18.3 Å². The van der Waals surface area contributed by atoms with Crippen molar-refractivity contribution < 1.29 is 13.3 Å². The molecule has 0 saturated carbocycles. The third-order valence-corrected chi connectivity index (χ3v) is 6.01. The van der Waals surface area contributed by atoms with Gasteiger partial charge in [-0.25, -0.2) is 13.4 Å². The predicted octanol–water partition coefficient (Wildman–Crippen LogP) is 4.08. The van der Waals surface area contributed by atoms with Gasteiger partial charge in [0, 0.05) is 17.0 Å². The van der Waals surface area contributed by atoms with Crippen molar-refractivity contribution in [1.29, 1.82) is 0 Å². The Morgan fingerprint density at radius 3 is 2.50 bits per heavy atom. The Bertz CT molecular complexity index is 1040. The normalized spacial score (nSPS) is 11.3. The molecule has 26 heavy (non-hydrogen) atoms. The van der Waals surface area contributed by atoms with Crippen LogP contribution in [0.25, 0.3) is 11.3 Å². The van der Waals surface area contributed by atoms with E-state index in [2.05, 4.69) is 16.6 Å². The molecular weight excluding hydrogens is 374 g/mol. The quantitative estimate of drug-likeness (QED) is 0.505. The molecule has 0 aliphatic carbocycles. The molecule has 1 aromatic heterocycles. The maximum atomic E-state index is 12.5. The molecule has 0 atom stereocenters. The van der Waals surface area contributed by atoms with Crippen LogP contribution in [0.5, 0.6) is 0 Å². The number of nitro groups is 1. The van der Waals surface area contributed by atoms with Crippen molar-refractivity contribution in [3.63, 3.8) is 0 Å². The first-order valence-corrected chi connectivity index (χ1v) is 10.1. The summed E-state index contributed by atoms with van der Waals surface area (Å²) in [5.74, 6) is 0. The largest absolute Gasteiger partial charge is 0.289 e. The van der Waals surface area contributed by atoms with E-state index in [4.69, 9.17) is 0 Å². The molecule has 0 aliphatic rings. The summed E-state index contributed by atoms with van der Waals surface area (Å²) < 4.78 is 27.3. The van der Waals surface area contributed by atoms with Gasteiger partial charge in [-0.3, -0.25) is 14.8 Å². The van der Waals surface area contributed by atoms with E-state index in [9.17, 15) is 18.5 Å². The number of benzene rings is 2. The molecule has 0 saturated heterocycles. The van der Waals surface area contributed by atoms with Crippen LogP contribution in [0, 0.1) is 10.1 Å². The minimum absolute atomic E-state index is 0.151. The molecule has 0 aliphatic heterocycles. The minimum Gasteiger partial charge on any atom is -0.258 e. The lowest BCUT2D eigenvalue weighted by Crippen LogP contribution is -2.14. The third kappa shape index (κ3) is 3.73. The zero-order chi connectivity index (χ0) is 18.7. The number of thiazole rings is 1. The number of para-hydroxylation sites is 1. The molecule has 9 heteroatoms. The van der Waals surface area contributed by atoms with Gasteiger partial charge in [-0.15, -0.1) is 11.3 Å². The molecule has 0 spiro atoms. The van der Waals surface area contributed by atoms with E-state index < -0.39 is 25.5 Å². The van der Waals surface area contributed by atoms with Gasteiger partial charge < -0.3 is 0 Å². The van der Waals surface area contributed by atoms with Crippen molar-refractivity contribution in [3.8, 4) is 11.3 Å². The fourth-order valence-corrected chi connectivity index (χ4v) is 4.52. The molecule has 0 fully saturated rings. The maximum absolute atomic E-state index is 12.5. The minimum atomic E-state index is -4.11. The highest BCUT2D eigenvalue weighted by atomic mass is 32.2. The second-order valence-corrected chi connectivity index (χ2v) is 7.93. The molecule has 1 heterocycles. The van der Waals surface area contributed by atoms with E-state index in [1.165, 1.54) is 23.8 Å². The van der Waals surface area contributed by atoms with E-state index in [0.717, 1.165) is 29.4 Å². The molecule has 1 N–H and O–H groups in total. The fraction of sp³-hybridized carbons (Fsp3) is 0.118. The lowest BCUT2D eigenvalue weighted by atomic mass is 10.1. The predicted molar refractivity (Wildman–Crippen MR) is 101 cm³/mol. The van der Waals surface area contributed by atoms with Gasteiger partial charge in [0.25, 0.3) is 15.7 Å². The Hall–Kier alpha value is -2.78. The summed E-state index contributed by atoms with van der Waals surface area (Å²) in [4.78, 5) is 14.2. The molecule has 2 aromatic carbocycles. The Kier molecular flexibility index (Phi) is 5.01. The van der Waals surface area contributed by atoms with Crippen molar-refractivity contribution in [1.82, 2.24) is 4.98 Å². The van der Waals surface area contributed by atoms with Gasteiger partial charge in [0.2, 0.25) is 0 Å². The summed E-state index contributed by atoms with van der Waals surface area (Å²) in [5, 5.41) is 12.9. The standard InChI is InChI=1S/C17H15N3O4S2/c1-2-12-7-9-13(10-8-12)14-11-25-17(18-14)19-26(23,24)16-6-4-3-5-15(16)20(21)22/h3-11H,2H2,1H3,(H,18,19). The van der Waals surface area contributed by atoms with Crippen LogP contribution in [0.1, 0.15) is 12.5 Å². The zero-order valence-electron chi connectivity index (χ0n) is 13.7. The first kappa shape index (κ1) is 18.0. The first-order chi connectivity index (χ1) is 12.4. The molecular formula is C17H15N3O4S2. The highest BCUT2D eigenvalue weighted by Crippen LogP contribution is 2.29. The number of hydrogen-bond acceptors (Lipinski definition) is 6. The van der Waals surface area contributed by atoms with Gasteiger partial charge in [0.15, 0.2) is 10.0 Å². The average Bonchev–Trinajstić information content (AvgIpc) is 3.09. The number of aryl methyl sites for hydroxylation is 1. The lowest BCUT2D eigenvalue weighted by Gasteiger charge is -2.05. The van der Waals surface area contributed by atoms with E-state index in [1.54, 1.807) is 5.38 Å². The Balaban J connectivity index is 1.87. The molecule has 0 unspecified atom stereocenters. The summed E-state index contributed by atoms with van der Waals surface area (Å²) in [7, 11) is -4.11. The van der Waals surface area contributed by atoms with Gasteiger partial charge in [-0.1, -0.05) is 43.3 Å². The molecule has 0 bridgehead atoms. The smallest absolute Gasteiger partial charge is 0.258 e. The molecule has 3 aromatic rings. The third-order valence-electron chi connectivity index (χ3n) is 3.74. The molecule has 3 rings (SSSR count). The number of anilines is 1. The average molecular weight is 389 g/mol. The van der Waals surface area contributed by atoms with Crippen LogP contribution >= 0.6 is 11.3 Å². The van der Waals surface area contributed by atoms with Crippen LogP contribution < -0.4 is 4.72 Å². The molecule has 7 nitrogen and oxygen atoms in total. The first-order valence-electron chi connectivity index (χ1n) is 7.72. The lowest BCUT2D eigenvalue weighted by molar-refractivity contribution is -0.387. The van der Waals surface area contributed by atoms with E-state index >= 15 is 0 Å². The van der Waals surface area contributed by atoms with Crippen LogP contribution in [0.4, 0.5) is 10.8 Å². The van der Waals surface area contributed by atoms with Crippen molar-refractivity contribution in [3.05, 3.63) is 69.6 Å². The van der Waals surface area contributed by atoms with Gasteiger partial charge in [0.1, 0.15) is 0 Å². The number of sulfonamides is 1. The van der Waals surface area contributed by atoms with Crippen LogP contribution in [0.2, 0.25) is 0 Å². The highest BCUT2D eigenvalue weighted by Gasteiger charge is 2.26. The molecule has 0 radical (unpaired) electrons. The maximum Gasteiger partial charge on any atom is 0.289 e. The van der Waals surface area contributed by atoms with Crippen molar-refractivity contribution in [2.45, 2.75) is 18.2 Å². The number of nitro benzene ring substituents is 1. The van der Waals surface area contributed by atoms with Crippen molar-refractivity contribution >= 4 is 32.2 Å². The van der Waals surface area contributed by atoms with Crippen molar-refractivity contribution in [2.75, 3.05) is 4.72 Å². The Morgan fingerprint density at radius 1 is 1.15 bits per heavy atom. The number of rotatable bonds is 6. The van der Waals surface area contributed by atoms with E-state index in [1.807, 2.05) is 24.3 Å². The summed E-state index contributed by atoms with van der Waals surface area (Å²) >= 11 is 1.12. The second kappa shape index (κ2) is 7.22. The monoisotopic (exact) mass is 389 g/mol. The summed E-state index contributed by atoms with van der Waals surface area (Å²) in [6.07, 6.45) is 0.929. The summed E-state index contributed by atoms with van der Waals surface area (Å²) in [5.41, 5.74) is 2.22. The Morgan fingerprint density at radius 2 is 1.85 bits per heavy atom. The van der Waals surface area contributed by atoms with Crippen LogP contribution in [0.3, 0.4) is 0 Å². The zero-order valence-corrected chi connectivity index (χ0v) is 15.4. The van der Waals surface area contributed by atoms with E-state index in [-0.39, 0.29) is 5.13 Å². The van der Waals surface area contributed by atoms with Crippen molar-refractivity contribution in [2.24, 2.45) is 0 Å². The topological polar surface area (TPSA) is 102 Å². The number of nitrogens with zero attached hydrogens (tertiary/aromatic N) is 2. The second-order valence-electron chi connectivity index (χ2n) is 5.42. The van der Waals surface area contributed by atoms with E-state index in [0.29, 0.717) is 5.69 Å². The highest BCUT2D eigenvalue weighted by molar-refractivity contribution is 7.93.